The molecule has 0 spiro atoms. The summed E-state index contributed by atoms with van der Waals surface area (Å²) in [4.78, 5) is 4.84. The lowest BCUT2D eigenvalue weighted by Crippen LogP contribution is -2.11. The Kier molecular flexibility index (Phi) is 3.64. The lowest BCUT2D eigenvalue weighted by atomic mass is 10.5. The molecule has 1 atom stereocenters. The summed E-state index contributed by atoms with van der Waals surface area (Å²) in [5.74, 6) is 0.406. The maximum Gasteiger partial charge on any atom is 0.257 e. The number of aryl methyl sites for hydroxylation is 1. The fourth-order valence-electron chi connectivity index (χ4n) is 1.65. The quantitative estimate of drug-likeness (QED) is 0.725. The van der Waals surface area contributed by atoms with Crippen LogP contribution in [0.15, 0.2) is 31.6 Å². The predicted octanol–water partition coefficient (Wildman–Crippen LogP) is 3.10. The molecule has 9 heteroatoms. The highest BCUT2D eigenvalue weighted by Crippen LogP contribution is 2.31. The van der Waals surface area contributed by atoms with E-state index in [0.717, 1.165) is 16.2 Å². The van der Waals surface area contributed by atoms with Crippen LogP contribution in [0.3, 0.4) is 0 Å². The first-order valence-corrected chi connectivity index (χ1v) is 9.32. The van der Waals surface area contributed by atoms with Gasteiger partial charge in [-0.3, -0.25) is 0 Å². The van der Waals surface area contributed by atoms with Crippen LogP contribution in [0.25, 0.3) is 10.8 Å². The van der Waals surface area contributed by atoms with Crippen LogP contribution in [0.1, 0.15) is 23.8 Å². The lowest BCUT2D eigenvalue weighted by Gasteiger charge is -2.05. The third kappa shape index (κ3) is 2.63. The molecule has 0 radical (unpaired) electrons. The summed E-state index contributed by atoms with van der Waals surface area (Å²) in [5.41, 5.74) is 0.676. The zero-order valence-electron chi connectivity index (χ0n) is 11.2. The Morgan fingerprint density at radius 2 is 2.10 bits per heavy atom. The van der Waals surface area contributed by atoms with Gasteiger partial charge in [0.2, 0.25) is 20.1 Å². The summed E-state index contributed by atoms with van der Waals surface area (Å²) in [6.45, 7) is 3.28. The van der Waals surface area contributed by atoms with Gasteiger partial charge in [0.15, 0.2) is 0 Å². The minimum atomic E-state index is -3.61. The Morgan fingerprint density at radius 3 is 2.71 bits per heavy atom. The van der Waals surface area contributed by atoms with Crippen molar-refractivity contribution in [2.24, 2.45) is 0 Å². The molecule has 0 amide bonds. The Balaban J connectivity index is 1.93. The molecular weight excluding hydrogens is 330 g/mol. The molecule has 0 unspecified atom stereocenters. The zero-order valence-corrected chi connectivity index (χ0v) is 13.6. The molecule has 3 heterocycles. The molecule has 6 nitrogen and oxygen atoms in total. The molecule has 0 saturated heterocycles. The molecule has 0 aliphatic rings. The van der Waals surface area contributed by atoms with Gasteiger partial charge in [0.1, 0.15) is 5.25 Å². The molecule has 0 fully saturated rings. The van der Waals surface area contributed by atoms with Crippen molar-refractivity contribution in [3.05, 3.63) is 34.5 Å². The summed E-state index contributed by atoms with van der Waals surface area (Å²) >= 11 is 2.55. The Bertz CT molecular complexity index is 849. The Hall–Kier alpha value is -1.58. The van der Waals surface area contributed by atoms with Gasteiger partial charge in [0.05, 0.1) is 4.88 Å². The smallest absolute Gasteiger partial charge is 0.257 e. The second-order valence-corrected chi connectivity index (χ2v) is 8.61. The van der Waals surface area contributed by atoms with E-state index in [1.165, 1.54) is 18.3 Å². The SMILES string of the molecule is Cc1csc(S(=O)(=O)[C@H](C)c2nnc(-c3cccs3)o2)n1. The van der Waals surface area contributed by atoms with E-state index < -0.39 is 15.1 Å². The molecule has 0 aromatic carbocycles. The van der Waals surface area contributed by atoms with E-state index in [1.54, 1.807) is 12.3 Å². The fourth-order valence-corrected chi connectivity index (χ4v) is 4.86. The lowest BCUT2D eigenvalue weighted by molar-refractivity contribution is 0.495. The van der Waals surface area contributed by atoms with Gasteiger partial charge in [-0.05, 0) is 25.3 Å². The van der Waals surface area contributed by atoms with Crippen molar-refractivity contribution in [2.45, 2.75) is 23.4 Å². The monoisotopic (exact) mass is 341 g/mol. The Labute approximate surface area is 129 Å². The van der Waals surface area contributed by atoms with Crippen LogP contribution in [0, 0.1) is 6.92 Å². The molecular formula is C12H11N3O3S3. The number of hydrogen-bond acceptors (Lipinski definition) is 8. The average molecular weight is 341 g/mol. The van der Waals surface area contributed by atoms with Crippen LogP contribution >= 0.6 is 22.7 Å². The fraction of sp³-hybridized carbons (Fsp3) is 0.250. The summed E-state index contributed by atoms with van der Waals surface area (Å²) < 4.78 is 30.5. The number of nitrogens with zero attached hydrogens (tertiary/aromatic N) is 3. The number of hydrogen-bond donors (Lipinski definition) is 0. The van der Waals surface area contributed by atoms with Crippen molar-refractivity contribution in [2.75, 3.05) is 0 Å². The van der Waals surface area contributed by atoms with E-state index in [1.807, 2.05) is 17.5 Å². The normalized spacial score (nSPS) is 13.4. The molecule has 0 bridgehead atoms. The van der Waals surface area contributed by atoms with Crippen molar-refractivity contribution in [1.82, 2.24) is 15.2 Å². The maximum atomic E-state index is 12.5. The summed E-state index contributed by atoms with van der Waals surface area (Å²) in [5, 5.41) is 10.4. The standard InChI is InChI=1S/C12H11N3O3S3/c1-7-6-20-12(13-7)21(16,17)8(2)10-14-15-11(18-10)9-4-3-5-19-9/h3-6,8H,1-2H3/t8-/m1/s1. The van der Waals surface area contributed by atoms with E-state index >= 15 is 0 Å². The van der Waals surface area contributed by atoms with E-state index in [2.05, 4.69) is 15.2 Å². The van der Waals surface area contributed by atoms with Gasteiger partial charge in [-0.2, -0.15) is 0 Å². The summed E-state index contributed by atoms with van der Waals surface area (Å²) in [6.07, 6.45) is 0. The second kappa shape index (κ2) is 5.32. The molecule has 0 aliphatic heterocycles. The third-order valence-electron chi connectivity index (χ3n) is 2.83. The largest absolute Gasteiger partial charge is 0.418 e. The van der Waals surface area contributed by atoms with Gasteiger partial charge >= 0.3 is 0 Å². The third-order valence-corrected chi connectivity index (χ3v) is 7.13. The first kappa shape index (κ1) is 14.4. The van der Waals surface area contributed by atoms with Gasteiger partial charge in [0.25, 0.3) is 5.89 Å². The molecule has 21 heavy (non-hydrogen) atoms. The number of thiazole rings is 1. The summed E-state index contributed by atoms with van der Waals surface area (Å²) in [7, 11) is -3.61. The molecule has 0 N–H and O–H groups in total. The zero-order chi connectivity index (χ0) is 15.0. The Morgan fingerprint density at radius 1 is 1.29 bits per heavy atom. The van der Waals surface area contributed by atoms with E-state index in [9.17, 15) is 8.42 Å². The molecule has 3 aromatic rings. The van der Waals surface area contributed by atoms with Crippen molar-refractivity contribution in [3.63, 3.8) is 0 Å². The molecule has 0 aliphatic carbocycles. The topological polar surface area (TPSA) is 86.0 Å². The van der Waals surface area contributed by atoms with Crippen LogP contribution in [-0.2, 0) is 9.84 Å². The molecule has 110 valence electrons. The van der Waals surface area contributed by atoms with Gasteiger partial charge in [-0.25, -0.2) is 13.4 Å². The minimum Gasteiger partial charge on any atom is -0.418 e. The van der Waals surface area contributed by atoms with Crippen LogP contribution < -0.4 is 0 Å². The number of thiophene rings is 1. The minimum absolute atomic E-state index is 0.0726. The molecule has 3 aromatic heterocycles. The van der Waals surface area contributed by atoms with Crippen LogP contribution in [-0.4, -0.2) is 23.6 Å². The van der Waals surface area contributed by atoms with Gasteiger partial charge in [-0.15, -0.1) is 32.9 Å². The second-order valence-electron chi connectivity index (χ2n) is 4.36. The highest BCUT2D eigenvalue weighted by molar-refractivity contribution is 7.93. The van der Waals surface area contributed by atoms with Crippen molar-refractivity contribution in [1.29, 1.82) is 0 Å². The number of rotatable bonds is 4. The maximum absolute atomic E-state index is 12.5. The van der Waals surface area contributed by atoms with E-state index in [-0.39, 0.29) is 10.2 Å². The van der Waals surface area contributed by atoms with Gasteiger partial charge < -0.3 is 4.42 Å². The van der Waals surface area contributed by atoms with Crippen LogP contribution in [0.4, 0.5) is 0 Å². The van der Waals surface area contributed by atoms with Crippen molar-refractivity contribution < 1.29 is 12.8 Å². The average Bonchev–Trinajstić information content (AvgIpc) is 3.18. The van der Waals surface area contributed by atoms with E-state index in [4.69, 9.17) is 4.42 Å². The molecule has 3 rings (SSSR count). The van der Waals surface area contributed by atoms with Gasteiger partial charge in [0, 0.05) is 11.1 Å². The summed E-state index contributed by atoms with van der Waals surface area (Å²) in [6, 6.07) is 3.70. The van der Waals surface area contributed by atoms with Crippen LogP contribution in [0.5, 0.6) is 0 Å². The highest BCUT2D eigenvalue weighted by atomic mass is 32.2. The van der Waals surface area contributed by atoms with E-state index in [0.29, 0.717) is 11.6 Å². The predicted molar refractivity (Wildman–Crippen MR) is 80.1 cm³/mol. The first-order chi connectivity index (χ1) is 9.98. The highest BCUT2D eigenvalue weighted by Gasteiger charge is 2.32. The number of aromatic nitrogens is 3. The van der Waals surface area contributed by atoms with Gasteiger partial charge in [-0.1, -0.05) is 6.07 Å². The van der Waals surface area contributed by atoms with Crippen LogP contribution in [0.2, 0.25) is 0 Å². The molecule has 0 saturated carbocycles. The van der Waals surface area contributed by atoms with Crippen molar-refractivity contribution >= 4 is 32.5 Å². The van der Waals surface area contributed by atoms with Crippen molar-refractivity contribution in [3.8, 4) is 10.8 Å². The first-order valence-electron chi connectivity index (χ1n) is 6.02. The number of sulfone groups is 1.